The first-order valence-corrected chi connectivity index (χ1v) is 7.36. The lowest BCUT2D eigenvalue weighted by atomic mass is 10.1. The summed E-state index contributed by atoms with van der Waals surface area (Å²) in [4.78, 5) is 0. The Morgan fingerprint density at radius 2 is 1.89 bits per heavy atom. The number of halogens is 5. The van der Waals surface area contributed by atoms with Crippen LogP contribution in [0.1, 0.15) is 19.4 Å². The number of rotatable bonds is 4. The zero-order valence-corrected chi connectivity index (χ0v) is 13.2. The van der Waals surface area contributed by atoms with E-state index in [1.807, 2.05) is 6.92 Å². The lowest BCUT2D eigenvalue weighted by Gasteiger charge is -2.21. The van der Waals surface area contributed by atoms with Gasteiger partial charge in [-0.25, -0.2) is 0 Å². The summed E-state index contributed by atoms with van der Waals surface area (Å²) in [6.45, 7) is 4.06. The summed E-state index contributed by atoms with van der Waals surface area (Å²) in [5.74, 6) is 0.374. The monoisotopic (exact) mass is 387 g/mol. The maximum absolute atomic E-state index is 12.5. The highest BCUT2D eigenvalue weighted by Gasteiger charge is 2.30. The van der Waals surface area contributed by atoms with Crippen LogP contribution < -0.4 is 5.32 Å². The molecule has 1 N–H and O–H groups in total. The highest BCUT2D eigenvalue weighted by molar-refractivity contribution is 9.10. The lowest BCUT2D eigenvalue weighted by Crippen LogP contribution is -2.25. The first kappa shape index (κ1) is 15.8. The number of hydrogen-bond acceptors (Lipinski definition) is 1. The zero-order valence-electron chi connectivity index (χ0n) is 9.98. The average Bonchev–Trinajstić information content (AvgIpc) is 2.29. The molecule has 1 aromatic rings. The molecule has 0 amide bonds. The van der Waals surface area contributed by atoms with Crippen LogP contribution >= 0.6 is 31.9 Å². The predicted octanol–water partition coefficient (Wildman–Crippen LogP) is 5.30. The second-order valence-electron chi connectivity index (χ2n) is 4.26. The van der Waals surface area contributed by atoms with Gasteiger partial charge in [-0.05, 0) is 47.0 Å². The van der Waals surface area contributed by atoms with Crippen LogP contribution in [0.25, 0.3) is 0 Å². The van der Waals surface area contributed by atoms with E-state index in [4.69, 9.17) is 0 Å². The standard InChI is InChI=1S/C12H14Br2F3N/c1-7(6-13)8(2)18-11-4-3-9(5-10(11)14)12(15,16)17/h3-5,7-8,18H,6H2,1-2H3. The van der Waals surface area contributed by atoms with Crippen molar-refractivity contribution in [2.45, 2.75) is 26.1 Å². The molecule has 2 unspecified atom stereocenters. The minimum atomic E-state index is -4.31. The van der Waals surface area contributed by atoms with Gasteiger partial charge >= 0.3 is 6.18 Å². The molecule has 18 heavy (non-hydrogen) atoms. The van der Waals surface area contributed by atoms with E-state index >= 15 is 0 Å². The van der Waals surface area contributed by atoms with Crippen LogP contribution in [0.4, 0.5) is 18.9 Å². The van der Waals surface area contributed by atoms with Gasteiger partial charge in [-0.15, -0.1) is 0 Å². The van der Waals surface area contributed by atoms with Crippen molar-refractivity contribution in [2.75, 3.05) is 10.6 Å². The highest BCUT2D eigenvalue weighted by Crippen LogP contribution is 2.34. The molecule has 0 fully saturated rings. The Labute approximate surface area is 121 Å². The number of benzene rings is 1. The SMILES string of the molecule is CC(CBr)C(C)Nc1ccc(C(F)(F)F)cc1Br. The maximum Gasteiger partial charge on any atom is 0.416 e. The number of alkyl halides is 4. The van der Waals surface area contributed by atoms with Crippen LogP contribution in [0.15, 0.2) is 22.7 Å². The van der Waals surface area contributed by atoms with E-state index in [1.165, 1.54) is 6.07 Å². The quantitative estimate of drug-likeness (QED) is 0.690. The number of anilines is 1. The molecule has 102 valence electrons. The second-order valence-corrected chi connectivity index (χ2v) is 5.76. The molecule has 1 aromatic carbocycles. The average molecular weight is 389 g/mol. The molecule has 0 bridgehead atoms. The van der Waals surface area contributed by atoms with Crippen LogP contribution in [0.2, 0.25) is 0 Å². The first-order chi connectivity index (χ1) is 8.25. The van der Waals surface area contributed by atoms with E-state index in [0.717, 1.165) is 17.5 Å². The summed E-state index contributed by atoms with van der Waals surface area (Å²) in [5.41, 5.74) is 0.0180. The van der Waals surface area contributed by atoms with Crippen LogP contribution in [-0.2, 0) is 6.18 Å². The lowest BCUT2D eigenvalue weighted by molar-refractivity contribution is -0.137. The van der Waals surface area contributed by atoms with E-state index in [-0.39, 0.29) is 6.04 Å². The zero-order chi connectivity index (χ0) is 13.9. The summed E-state index contributed by atoms with van der Waals surface area (Å²) < 4.78 is 37.9. The van der Waals surface area contributed by atoms with Gasteiger partial charge in [-0.1, -0.05) is 22.9 Å². The Morgan fingerprint density at radius 3 is 2.33 bits per heavy atom. The van der Waals surface area contributed by atoms with Crippen molar-refractivity contribution in [3.8, 4) is 0 Å². The Kier molecular flexibility index (Phi) is 5.52. The molecular formula is C12H14Br2F3N. The van der Waals surface area contributed by atoms with Gasteiger partial charge in [0.2, 0.25) is 0 Å². The normalized spacial score (nSPS) is 15.3. The molecular weight excluding hydrogens is 375 g/mol. The van der Waals surface area contributed by atoms with Gasteiger partial charge < -0.3 is 5.32 Å². The van der Waals surface area contributed by atoms with Crippen molar-refractivity contribution in [3.63, 3.8) is 0 Å². The topological polar surface area (TPSA) is 12.0 Å². The molecule has 0 aromatic heterocycles. The van der Waals surface area contributed by atoms with E-state index < -0.39 is 11.7 Å². The van der Waals surface area contributed by atoms with Crippen LogP contribution in [0, 0.1) is 5.92 Å². The fraction of sp³-hybridized carbons (Fsp3) is 0.500. The van der Waals surface area contributed by atoms with Crippen molar-refractivity contribution < 1.29 is 13.2 Å². The van der Waals surface area contributed by atoms with E-state index in [0.29, 0.717) is 16.1 Å². The third-order valence-corrected chi connectivity index (χ3v) is 4.45. The van der Waals surface area contributed by atoms with Crippen molar-refractivity contribution in [1.82, 2.24) is 0 Å². The Hall–Kier alpha value is -0.230. The third-order valence-electron chi connectivity index (χ3n) is 2.78. The largest absolute Gasteiger partial charge is 0.416 e. The smallest absolute Gasteiger partial charge is 0.381 e. The molecule has 0 aliphatic heterocycles. The predicted molar refractivity (Wildman–Crippen MR) is 75.2 cm³/mol. The number of nitrogens with one attached hydrogen (secondary N) is 1. The van der Waals surface area contributed by atoms with E-state index in [9.17, 15) is 13.2 Å². The van der Waals surface area contributed by atoms with Crippen LogP contribution in [-0.4, -0.2) is 11.4 Å². The summed E-state index contributed by atoms with van der Waals surface area (Å²) in [6.07, 6.45) is -4.31. The fourth-order valence-corrected chi connectivity index (χ4v) is 2.38. The maximum atomic E-state index is 12.5. The minimum absolute atomic E-state index is 0.164. The molecule has 0 heterocycles. The van der Waals surface area contributed by atoms with Gasteiger partial charge in [-0.2, -0.15) is 13.2 Å². The molecule has 1 rings (SSSR count). The highest BCUT2D eigenvalue weighted by atomic mass is 79.9. The van der Waals surface area contributed by atoms with Crippen molar-refractivity contribution >= 4 is 37.5 Å². The van der Waals surface area contributed by atoms with Crippen molar-refractivity contribution in [3.05, 3.63) is 28.2 Å². The Balaban J connectivity index is 2.87. The van der Waals surface area contributed by atoms with Gasteiger partial charge in [0.05, 0.1) is 5.56 Å². The van der Waals surface area contributed by atoms with E-state index in [2.05, 4.69) is 44.1 Å². The molecule has 0 spiro atoms. The van der Waals surface area contributed by atoms with Crippen LogP contribution in [0.3, 0.4) is 0 Å². The molecule has 2 atom stereocenters. The second kappa shape index (κ2) is 6.28. The third kappa shape index (κ3) is 4.16. The first-order valence-electron chi connectivity index (χ1n) is 5.45. The molecule has 0 saturated carbocycles. The van der Waals surface area contributed by atoms with Gasteiger partial charge in [0, 0.05) is 21.5 Å². The summed E-state index contributed by atoms with van der Waals surface area (Å²) >= 11 is 6.55. The fourth-order valence-electron chi connectivity index (χ4n) is 1.33. The summed E-state index contributed by atoms with van der Waals surface area (Å²) in [7, 11) is 0. The van der Waals surface area contributed by atoms with Gasteiger partial charge in [0.1, 0.15) is 0 Å². The Morgan fingerprint density at radius 1 is 1.28 bits per heavy atom. The molecule has 6 heteroatoms. The van der Waals surface area contributed by atoms with Crippen LogP contribution in [0.5, 0.6) is 0 Å². The van der Waals surface area contributed by atoms with E-state index in [1.54, 1.807) is 0 Å². The van der Waals surface area contributed by atoms with Crippen molar-refractivity contribution in [2.24, 2.45) is 5.92 Å². The van der Waals surface area contributed by atoms with Crippen molar-refractivity contribution in [1.29, 1.82) is 0 Å². The summed E-state index contributed by atoms with van der Waals surface area (Å²) in [5, 5.41) is 4.03. The molecule has 0 aliphatic rings. The van der Waals surface area contributed by atoms with Gasteiger partial charge in [0.15, 0.2) is 0 Å². The molecule has 0 radical (unpaired) electrons. The van der Waals surface area contributed by atoms with Gasteiger partial charge in [-0.3, -0.25) is 0 Å². The van der Waals surface area contributed by atoms with Gasteiger partial charge in [0.25, 0.3) is 0 Å². The molecule has 1 nitrogen and oxygen atoms in total. The number of hydrogen-bond donors (Lipinski definition) is 1. The molecule has 0 aliphatic carbocycles. The molecule has 0 saturated heterocycles. The minimum Gasteiger partial charge on any atom is -0.381 e. The Bertz CT molecular complexity index is 407. The summed E-state index contributed by atoms with van der Waals surface area (Å²) in [6, 6.07) is 3.79.